The number of ether oxygens (including phenoxy) is 1. The van der Waals surface area contributed by atoms with Gasteiger partial charge in [0, 0.05) is 18.9 Å². The fourth-order valence-electron chi connectivity index (χ4n) is 4.35. The molecule has 0 saturated heterocycles. The smallest absolute Gasteiger partial charge is 0.329 e. The van der Waals surface area contributed by atoms with E-state index in [1.165, 1.54) is 103 Å². The molecule has 0 aliphatic rings. The third-order valence-electron chi connectivity index (χ3n) is 6.52. The van der Waals surface area contributed by atoms with Crippen LogP contribution in [-0.4, -0.2) is 50.7 Å². The highest BCUT2D eigenvalue weighted by atomic mass is 31.2. The number of carbonyl (C=O) groups excluding carboxylic acids is 1. The number of carbonyl (C=O) groups is 1. The van der Waals surface area contributed by atoms with Crippen LogP contribution in [0.25, 0.3) is 0 Å². The molecule has 2 atom stereocenters. The van der Waals surface area contributed by atoms with Crippen LogP contribution in [0.1, 0.15) is 136 Å². The zero-order valence-electron chi connectivity index (χ0n) is 24.1. The molecule has 7 heteroatoms. The van der Waals surface area contributed by atoms with Crippen molar-refractivity contribution >= 4 is 14.4 Å². The lowest BCUT2D eigenvalue weighted by atomic mass is 10.0. The number of Topliss-reactive ketones (excluding diaryl/α,β-unsaturated/α-hetero) is 1. The third-order valence-corrected chi connectivity index (χ3v) is 7.29. The van der Waals surface area contributed by atoms with E-state index in [0.29, 0.717) is 19.6 Å². The summed E-state index contributed by atoms with van der Waals surface area (Å²) in [5, 5.41) is 3.03. The molecule has 0 bridgehead atoms. The fourth-order valence-corrected chi connectivity index (χ4v) is 5.05. The molecule has 0 saturated carbocycles. The monoisotopic (exact) mass is 533 g/mol. The number of unbranched alkanes of at least 4 members (excludes halogenated alkanes) is 16. The first-order valence-corrected chi connectivity index (χ1v) is 16.2. The Morgan fingerprint density at radius 2 is 1.22 bits per heavy atom. The van der Waals surface area contributed by atoms with E-state index in [1.54, 1.807) is 6.92 Å². The molecule has 0 spiro atoms. The summed E-state index contributed by atoms with van der Waals surface area (Å²) in [4.78, 5) is 21.4. The Balaban J connectivity index is 3.50. The van der Waals surface area contributed by atoms with Crippen LogP contribution in [0.2, 0.25) is 0 Å². The SMILES string of the molecule is CCCCCCCCCCCCCCCCCCCOCC(COP(O)OCCCNC)CC(C)=O. The van der Waals surface area contributed by atoms with Crippen LogP contribution in [-0.2, 0) is 18.6 Å². The van der Waals surface area contributed by atoms with E-state index in [0.717, 1.165) is 26.0 Å². The van der Waals surface area contributed by atoms with Gasteiger partial charge in [-0.05, 0) is 33.4 Å². The van der Waals surface area contributed by atoms with Crippen molar-refractivity contribution in [3.8, 4) is 0 Å². The molecule has 0 heterocycles. The molecule has 0 aromatic carbocycles. The quantitative estimate of drug-likeness (QED) is 0.0717. The van der Waals surface area contributed by atoms with Crippen molar-refractivity contribution < 1.29 is 23.5 Å². The number of rotatable bonds is 30. The van der Waals surface area contributed by atoms with Crippen LogP contribution in [0, 0.1) is 5.92 Å². The number of hydrogen-bond acceptors (Lipinski definition) is 6. The third kappa shape index (κ3) is 28.5. The maximum absolute atomic E-state index is 11.5. The molecule has 0 aliphatic heterocycles. The van der Waals surface area contributed by atoms with Crippen LogP contribution < -0.4 is 5.32 Å². The highest BCUT2D eigenvalue weighted by Gasteiger charge is 2.16. The molecule has 2 unspecified atom stereocenters. The molecule has 36 heavy (non-hydrogen) atoms. The van der Waals surface area contributed by atoms with Crippen molar-refractivity contribution in [3.63, 3.8) is 0 Å². The average Bonchev–Trinajstić information content (AvgIpc) is 2.86. The Hall–Kier alpha value is -0.100. The predicted octanol–water partition coefficient (Wildman–Crippen LogP) is 8.11. The summed E-state index contributed by atoms with van der Waals surface area (Å²) in [5.41, 5.74) is 0. The minimum atomic E-state index is -1.89. The molecule has 216 valence electrons. The predicted molar refractivity (Wildman–Crippen MR) is 153 cm³/mol. The Bertz CT molecular complexity index is 455. The normalized spacial score (nSPS) is 13.2. The Kier molecular flexibility index (Phi) is 29.4. The van der Waals surface area contributed by atoms with Gasteiger partial charge in [0.1, 0.15) is 5.78 Å². The summed E-state index contributed by atoms with van der Waals surface area (Å²) in [6.07, 6.45) is 24.4. The van der Waals surface area contributed by atoms with Gasteiger partial charge in [0.05, 0.1) is 19.8 Å². The van der Waals surface area contributed by atoms with Crippen LogP contribution in [0.3, 0.4) is 0 Å². The molecule has 0 aromatic rings. The zero-order chi connectivity index (χ0) is 26.5. The second kappa shape index (κ2) is 29.5. The van der Waals surface area contributed by atoms with Crippen molar-refractivity contribution in [2.45, 2.75) is 136 Å². The summed E-state index contributed by atoms with van der Waals surface area (Å²) in [6.45, 7) is 6.65. The van der Waals surface area contributed by atoms with Gasteiger partial charge in [-0.3, -0.25) is 0 Å². The Morgan fingerprint density at radius 1 is 0.722 bits per heavy atom. The van der Waals surface area contributed by atoms with E-state index in [2.05, 4.69) is 12.2 Å². The summed E-state index contributed by atoms with van der Waals surface area (Å²) in [7, 11) is -0.0105. The van der Waals surface area contributed by atoms with Gasteiger partial charge in [0.25, 0.3) is 0 Å². The molecular formula is C29H60NO5P. The van der Waals surface area contributed by atoms with E-state index >= 15 is 0 Å². The number of ketones is 1. The van der Waals surface area contributed by atoms with E-state index in [1.807, 2.05) is 7.05 Å². The van der Waals surface area contributed by atoms with Crippen molar-refractivity contribution in [1.29, 1.82) is 0 Å². The van der Waals surface area contributed by atoms with Gasteiger partial charge in [0.15, 0.2) is 0 Å². The summed E-state index contributed by atoms with van der Waals surface area (Å²) in [6, 6.07) is 0. The van der Waals surface area contributed by atoms with Gasteiger partial charge in [-0.2, -0.15) is 0 Å². The lowest BCUT2D eigenvalue weighted by molar-refractivity contribution is -0.118. The molecule has 0 fully saturated rings. The van der Waals surface area contributed by atoms with Gasteiger partial charge in [-0.15, -0.1) is 0 Å². The molecule has 0 rings (SSSR count). The summed E-state index contributed by atoms with van der Waals surface area (Å²) in [5.74, 6) is 0.0774. The molecule has 0 aromatic heterocycles. The number of nitrogens with one attached hydrogen (secondary N) is 1. The molecule has 0 aliphatic carbocycles. The van der Waals surface area contributed by atoms with Gasteiger partial charge in [-0.1, -0.05) is 110 Å². The largest absolute Gasteiger partial charge is 0.381 e. The summed E-state index contributed by atoms with van der Waals surface area (Å²) < 4.78 is 16.5. The van der Waals surface area contributed by atoms with E-state index in [4.69, 9.17) is 13.8 Å². The maximum atomic E-state index is 11.5. The zero-order valence-corrected chi connectivity index (χ0v) is 25.0. The van der Waals surface area contributed by atoms with Crippen molar-refractivity contribution in [2.24, 2.45) is 5.92 Å². The van der Waals surface area contributed by atoms with Crippen LogP contribution in [0.15, 0.2) is 0 Å². The van der Waals surface area contributed by atoms with Crippen molar-refractivity contribution in [1.82, 2.24) is 5.32 Å². The minimum absolute atomic E-state index is 0.0358. The summed E-state index contributed by atoms with van der Waals surface area (Å²) >= 11 is 0. The molecule has 2 N–H and O–H groups in total. The second-order valence-corrected chi connectivity index (χ2v) is 11.3. The van der Waals surface area contributed by atoms with Crippen LogP contribution in [0.5, 0.6) is 0 Å². The maximum Gasteiger partial charge on any atom is 0.329 e. The second-order valence-electron chi connectivity index (χ2n) is 10.3. The lowest BCUT2D eigenvalue weighted by Gasteiger charge is -2.18. The van der Waals surface area contributed by atoms with E-state index in [9.17, 15) is 9.69 Å². The Labute approximate surface area is 225 Å². The van der Waals surface area contributed by atoms with Gasteiger partial charge in [-0.25, -0.2) is 0 Å². The topological polar surface area (TPSA) is 77.0 Å². The van der Waals surface area contributed by atoms with Gasteiger partial charge >= 0.3 is 8.60 Å². The average molecular weight is 534 g/mol. The van der Waals surface area contributed by atoms with Gasteiger partial charge < -0.3 is 28.8 Å². The molecular weight excluding hydrogens is 473 g/mol. The standard InChI is InChI=1S/C29H60NO5P/c1-4-5-6-7-8-9-10-11-12-13-14-15-16-17-18-19-20-23-33-26-29(25-28(2)31)27-35-36(32)34-24-21-22-30-3/h29-30,32H,4-27H2,1-3H3. The highest BCUT2D eigenvalue weighted by molar-refractivity contribution is 7.40. The molecule has 6 nitrogen and oxygen atoms in total. The molecule has 0 radical (unpaired) electrons. The van der Waals surface area contributed by atoms with Crippen molar-refractivity contribution in [3.05, 3.63) is 0 Å². The lowest BCUT2D eigenvalue weighted by Crippen LogP contribution is -2.19. The minimum Gasteiger partial charge on any atom is -0.381 e. The number of hydrogen-bond donors (Lipinski definition) is 2. The first kappa shape index (κ1) is 35.9. The van der Waals surface area contributed by atoms with Crippen molar-refractivity contribution in [2.75, 3.05) is 40.0 Å². The molecule has 0 amide bonds. The highest BCUT2D eigenvalue weighted by Crippen LogP contribution is 2.33. The Morgan fingerprint density at radius 3 is 1.69 bits per heavy atom. The first-order valence-electron chi connectivity index (χ1n) is 15.1. The van der Waals surface area contributed by atoms with Gasteiger partial charge in [0.2, 0.25) is 0 Å². The van der Waals surface area contributed by atoms with E-state index < -0.39 is 8.60 Å². The van der Waals surface area contributed by atoms with Crippen LogP contribution in [0.4, 0.5) is 0 Å². The fraction of sp³-hybridized carbons (Fsp3) is 0.966. The van der Waals surface area contributed by atoms with E-state index in [-0.39, 0.29) is 18.3 Å². The first-order chi connectivity index (χ1) is 17.6. The van der Waals surface area contributed by atoms with Crippen LogP contribution >= 0.6 is 8.60 Å².